The maximum Gasteiger partial charge on any atom is 0.171 e. The lowest BCUT2D eigenvalue weighted by molar-refractivity contribution is -0.698. The fourth-order valence-corrected chi connectivity index (χ4v) is 3.10. The van der Waals surface area contributed by atoms with Gasteiger partial charge in [-0.25, -0.2) is 4.57 Å². The fraction of sp³-hybridized carbons (Fsp3) is 0.0833. The smallest absolute Gasteiger partial charge is 0.171 e. The van der Waals surface area contributed by atoms with Gasteiger partial charge < -0.3 is 10.1 Å². The monoisotopic (exact) mass is 368 g/mol. The summed E-state index contributed by atoms with van der Waals surface area (Å²) in [6.45, 7) is 0.759. The van der Waals surface area contributed by atoms with Crippen LogP contribution in [-0.2, 0) is 6.54 Å². The molecule has 138 valence electrons. The van der Waals surface area contributed by atoms with E-state index in [1.54, 1.807) is 12.4 Å². The van der Waals surface area contributed by atoms with Crippen molar-refractivity contribution in [2.45, 2.75) is 6.54 Å². The van der Waals surface area contributed by atoms with E-state index in [-0.39, 0.29) is 6.61 Å². The molecular weight excluding hydrogens is 346 g/mol. The Kier molecular flexibility index (Phi) is 5.41. The maximum absolute atomic E-state index is 9.00. The first-order chi connectivity index (χ1) is 13.8. The van der Waals surface area contributed by atoms with E-state index in [1.807, 2.05) is 47.4 Å². The van der Waals surface area contributed by atoms with Crippen LogP contribution in [0.4, 0.5) is 0 Å². The summed E-state index contributed by atoms with van der Waals surface area (Å²) in [6.07, 6.45) is 18.0. The predicted molar refractivity (Wildman–Crippen MR) is 114 cm³/mol. The highest BCUT2D eigenvalue weighted by Crippen LogP contribution is 2.23. The molecule has 4 aromatic rings. The first-order valence-corrected chi connectivity index (χ1v) is 9.29. The molecule has 0 radical (unpaired) electrons. The lowest BCUT2D eigenvalue weighted by Crippen LogP contribution is -2.34. The number of fused-ring (bicyclic) bond motifs is 1. The molecule has 28 heavy (non-hydrogen) atoms. The number of nitrogens with zero attached hydrogens (tertiary/aromatic N) is 2. The number of hydrogen-bond donors (Lipinski definition) is 2. The molecule has 0 fully saturated rings. The summed E-state index contributed by atoms with van der Waals surface area (Å²) >= 11 is 0. The highest BCUT2D eigenvalue weighted by atomic mass is 16.3. The Morgan fingerprint density at radius 2 is 1.57 bits per heavy atom. The minimum atomic E-state index is 0.146. The van der Waals surface area contributed by atoms with Crippen molar-refractivity contribution in [3.63, 3.8) is 0 Å². The summed E-state index contributed by atoms with van der Waals surface area (Å²) in [5.41, 5.74) is 5.68. The summed E-state index contributed by atoms with van der Waals surface area (Å²) in [7, 11) is 0. The number of aliphatic hydroxyl groups is 1. The minimum absolute atomic E-state index is 0.146. The highest BCUT2D eigenvalue weighted by molar-refractivity contribution is 5.93. The molecule has 4 heteroatoms. The summed E-state index contributed by atoms with van der Waals surface area (Å²) < 4.78 is 1.96. The van der Waals surface area contributed by atoms with Crippen LogP contribution in [0.2, 0.25) is 0 Å². The number of hydrogen-bond acceptors (Lipinski definition) is 2. The molecule has 0 amide bonds. The van der Waals surface area contributed by atoms with Gasteiger partial charge in [-0.05, 0) is 46.5 Å². The van der Waals surface area contributed by atoms with Crippen molar-refractivity contribution in [2.24, 2.45) is 0 Å². The molecule has 0 unspecified atom stereocenters. The van der Waals surface area contributed by atoms with Crippen LogP contribution < -0.4 is 4.57 Å². The standard InChI is InChI=1S/C24H21N3O/c28-16-15-27-13-9-20(10-14-27)3-5-22-18-26-24-6-4-21(17-23(22)24)2-1-19-7-11-25-12-8-19/h1-14,17-18,28H,15-16H2/p+1/b2-1+. The highest BCUT2D eigenvalue weighted by Gasteiger charge is 2.02. The quantitative estimate of drug-likeness (QED) is 0.502. The van der Waals surface area contributed by atoms with Gasteiger partial charge in [0.25, 0.3) is 0 Å². The molecule has 3 heterocycles. The number of pyridine rings is 2. The van der Waals surface area contributed by atoms with Crippen LogP contribution in [0.1, 0.15) is 22.3 Å². The summed E-state index contributed by atoms with van der Waals surface area (Å²) in [6, 6.07) is 14.5. The van der Waals surface area contributed by atoms with Gasteiger partial charge in [0.2, 0.25) is 0 Å². The molecule has 0 aliphatic rings. The zero-order valence-corrected chi connectivity index (χ0v) is 15.5. The van der Waals surface area contributed by atoms with Crippen molar-refractivity contribution in [1.82, 2.24) is 9.97 Å². The van der Waals surface area contributed by atoms with Gasteiger partial charge in [0.1, 0.15) is 6.61 Å². The molecule has 4 nitrogen and oxygen atoms in total. The van der Waals surface area contributed by atoms with Crippen LogP contribution >= 0.6 is 0 Å². The lowest BCUT2D eigenvalue weighted by atomic mass is 10.1. The predicted octanol–water partition coefficient (Wildman–Crippen LogP) is 4.18. The number of H-pyrrole nitrogens is 1. The Bertz CT molecular complexity index is 1110. The normalized spacial score (nSPS) is 11.8. The molecule has 0 saturated heterocycles. The second-order valence-electron chi connectivity index (χ2n) is 6.59. The van der Waals surface area contributed by atoms with Crippen molar-refractivity contribution in [3.05, 3.63) is 95.7 Å². The third kappa shape index (κ3) is 4.24. The van der Waals surface area contributed by atoms with Crippen molar-refractivity contribution in [2.75, 3.05) is 6.61 Å². The Hall–Kier alpha value is -3.50. The summed E-state index contributed by atoms with van der Waals surface area (Å²) in [5, 5.41) is 10.2. The molecular formula is C24H22N3O+. The van der Waals surface area contributed by atoms with Crippen LogP contribution in [0.15, 0.2) is 73.4 Å². The van der Waals surface area contributed by atoms with Gasteiger partial charge in [0.05, 0.1) is 0 Å². The number of nitrogens with one attached hydrogen (secondary N) is 1. The molecule has 0 aliphatic carbocycles. The van der Waals surface area contributed by atoms with Crippen molar-refractivity contribution in [3.8, 4) is 0 Å². The second-order valence-corrected chi connectivity index (χ2v) is 6.59. The minimum Gasteiger partial charge on any atom is -0.390 e. The van der Waals surface area contributed by atoms with E-state index < -0.39 is 0 Å². The third-order valence-electron chi connectivity index (χ3n) is 4.64. The zero-order valence-electron chi connectivity index (χ0n) is 15.5. The van der Waals surface area contributed by atoms with E-state index in [4.69, 9.17) is 5.11 Å². The molecule has 0 spiro atoms. The second kappa shape index (κ2) is 8.46. The summed E-state index contributed by atoms with van der Waals surface area (Å²) in [4.78, 5) is 7.38. The van der Waals surface area contributed by atoms with Crippen LogP contribution in [0.3, 0.4) is 0 Å². The van der Waals surface area contributed by atoms with Crippen molar-refractivity contribution in [1.29, 1.82) is 0 Å². The Balaban J connectivity index is 1.56. The van der Waals surface area contributed by atoms with Gasteiger partial charge in [-0.2, -0.15) is 0 Å². The number of rotatable bonds is 6. The van der Waals surface area contributed by atoms with Crippen LogP contribution in [0.25, 0.3) is 35.2 Å². The number of aliphatic hydroxyl groups excluding tert-OH is 1. The average molecular weight is 368 g/mol. The van der Waals surface area contributed by atoms with Gasteiger partial charge >= 0.3 is 0 Å². The third-order valence-corrected chi connectivity index (χ3v) is 4.64. The average Bonchev–Trinajstić information content (AvgIpc) is 3.15. The van der Waals surface area contributed by atoms with Crippen LogP contribution in [-0.4, -0.2) is 21.7 Å². The summed E-state index contributed by atoms with van der Waals surface area (Å²) in [5.74, 6) is 0. The van der Waals surface area contributed by atoms with Crippen LogP contribution in [0.5, 0.6) is 0 Å². The van der Waals surface area contributed by atoms with E-state index in [9.17, 15) is 0 Å². The van der Waals surface area contributed by atoms with Crippen molar-refractivity contribution >= 4 is 35.2 Å². The largest absolute Gasteiger partial charge is 0.390 e. The molecule has 0 aliphatic heterocycles. The first-order valence-electron chi connectivity index (χ1n) is 9.29. The first kappa shape index (κ1) is 17.9. The maximum atomic E-state index is 9.00. The number of benzene rings is 1. The molecule has 0 atom stereocenters. The fourth-order valence-electron chi connectivity index (χ4n) is 3.10. The van der Waals surface area contributed by atoms with Gasteiger partial charge in [-0.3, -0.25) is 4.98 Å². The molecule has 4 rings (SSSR count). The van der Waals surface area contributed by atoms with Gasteiger partial charge in [-0.15, -0.1) is 0 Å². The molecule has 1 aromatic carbocycles. The van der Waals surface area contributed by atoms with E-state index >= 15 is 0 Å². The number of aromatic nitrogens is 3. The van der Waals surface area contributed by atoms with E-state index in [0.29, 0.717) is 6.54 Å². The molecule has 0 bridgehead atoms. The molecule has 0 saturated carbocycles. The number of aromatic amines is 1. The zero-order chi connectivity index (χ0) is 19.2. The molecule has 3 aromatic heterocycles. The Labute approximate surface area is 164 Å². The Morgan fingerprint density at radius 3 is 2.36 bits per heavy atom. The van der Waals surface area contributed by atoms with E-state index in [1.165, 1.54) is 5.39 Å². The van der Waals surface area contributed by atoms with Gasteiger partial charge in [-0.1, -0.05) is 30.4 Å². The molecule has 2 N–H and O–H groups in total. The van der Waals surface area contributed by atoms with Gasteiger partial charge in [0, 0.05) is 41.6 Å². The SMILES string of the molecule is OCC[n+]1ccc(C=Cc2c[nH]c3ccc(/C=C/c4ccncc4)cc23)cc1. The lowest BCUT2D eigenvalue weighted by Gasteiger charge is -1.98. The van der Waals surface area contributed by atoms with Crippen molar-refractivity contribution < 1.29 is 9.67 Å². The topological polar surface area (TPSA) is 52.8 Å². The Morgan fingerprint density at radius 1 is 0.857 bits per heavy atom. The van der Waals surface area contributed by atoms with E-state index in [0.717, 1.165) is 27.8 Å². The van der Waals surface area contributed by atoms with Gasteiger partial charge in [0.15, 0.2) is 18.9 Å². The van der Waals surface area contributed by atoms with Crippen LogP contribution in [0, 0.1) is 0 Å². The van der Waals surface area contributed by atoms with E-state index in [2.05, 4.69) is 52.5 Å².